The van der Waals surface area contributed by atoms with Gasteiger partial charge in [0.2, 0.25) is 5.43 Å². The number of benzene rings is 1. The molecule has 1 aliphatic heterocycles. The Morgan fingerprint density at radius 2 is 2.00 bits per heavy atom. The molecule has 1 fully saturated rings. The van der Waals surface area contributed by atoms with E-state index in [1.807, 2.05) is 30.0 Å². The molecule has 1 aromatic carbocycles. The van der Waals surface area contributed by atoms with Crippen LogP contribution in [0.25, 0.3) is 11.0 Å². The molecule has 8 nitrogen and oxygen atoms in total. The molecule has 180 valence electrons. The molecule has 10 heteroatoms. The lowest BCUT2D eigenvalue weighted by Crippen LogP contribution is -2.44. The fraction of sp³-hybridized carbons (Fsp3) is 0.375. The van der Waals surface area contributed by atoms with Crippen LogP contribution in [-0.2, 0) is 15.9 Å². The molecule has 0 spiro atoms. The number of esters is 1. The summed E-state index contributed by atoms with van der Waals surface area (Å²) in [5.74, 6) is -1.04. The molecule has 2 unspecified atom stereocenters. The minimum absolute atomic E-state index is 0.0146. The predicted octanol–water partition coefficient (Wildman–Crippen LogP) is 2.49. The number of carbonyl (C=O) groups excluding carboxylic acids is 1. The average molecular weight is 487 g/mol. The summed E-state index contributed by atoms with van der Waals surface area (Å²) in [5.41, 5.74) is -0.604. The smallest absolute Gasteiger partial charge is 0.343 e. The highest BCUT2D eigenvalue weighted by molar-refractivity contribution is 7.91. The molecule has 3 aromatic rings. The fourth-order valence-corrected chi connectivity index (χ4v) is 5.25. The maximum absolute atomic E-state index is 15.1. The van der Waals surface area contributed by atoms with Gasteiger partial charge in [-0.1, -0.05) is 18.2 Å². The van der Waals surface area contributed by atoms with Gasteiger partial charge in [-0.2, -0.15) is 0 Å². The lowest BCUT2D eigenvalue weighted by molar-refractivity contribution is 0.0524. The number of piperazine rings is 1. The summed E-state index contributed by atoms with van der Waals surface area (Å²) in [6.45, 7) is 6.11. The van der Waals surface area contributed by atoms with Gasteiger partial charge in [-0.3, -0.25) is 4.79 Å². The third-order valence-electron chi connectivity index (χ3n) is 5.72. The summed E-state index contributed by atoms with van der Waals surface area (Å²) in [4.78, 5) is 32.6. The Balaban J connectivity index is 1.83. The van der Waals surface area contributed by atoms with E-state index >= 15 is 4.39 Å². The van der Waals surface area contributed by atoms with Crippen molar-refractivity contribution >= 4 is 34.0 Å². The number of nitrogens with one attached hydrogen (secondary N) is 1. The molecule has 0 bridgehead atoms. The molecule has 0 amide bonds. The van der Waals surface area contributed by atoms with Crippen LogP contribution in [0.4, 0.5) is 10.2 Å². The van der Waals surface area contributed by atoms with E-state index in [0.29, 0.717) is 31.1 Å². The molecule has 0 aliphatic carbocycles. The number of carbonyl (C=O) groups is 1. The first kappa shape index (κ1) is 24.2. The van der Waals surface area contributed by atoms with Gasteiger partial charge >= 0.3 is 5.97 Å². The van der Waals surface area contributed by atoms with Gasteiger partial charge in [-0.25, -0.2) is 14.2 Å². The molecule has 0 radical (unpaired) electrons. The Labute approximate surface area is 199 Å². The van der Waals surface area contributed by atoms with Crippen LogP contribution in [0.3, 0.4) is 0 Å². The highest BCUT2D eigenvalue weighted by Crippen LogP contribution is 2.25. The molecule has 34 heavy (non-hydrogen) atoms. The number of rotatable bonds is 7. The van der Waals surface area contributed by atoms with Crippen molar-refractivity contribution in [1.29, 1.82) is 0 Å². The molecule has 3 heterocycles. The van der Waals surface area contributed by atoms with Crippen molar-refractivity contribution in [2.24, 2.45) is 0 Å². The van der Waals surface area contributed by atoms with Crippen LogP contribution in [0.15, 0.2) is 52.3 Å². The van der Waals surface area contributed by atoms with Crippen molar-refractivity contribution in [2.75, 3.05) is 43.4 Å². The number of aromatic nitrogens is 2. The van der Waals surface area contributed by atoms with Crippen molar-refractivity contribution in [1.82, 2.24) is 14.9 Å². The first-order chi connectivity index (χ1) is 16.4. The van der Waals surface area contributed by atoms with Gasteiger partial charge < -0.3 is 24.1 Å². The highest BCUT2D eigenvalue weighted by Gasteiger charge is 2.25. The third kappa shape index (κ3) is 4.94. The number of nitrogens with zero attached hydrogens (tertiary/aromatic N) is 3. The second kappa shape index (κ2) is 10.5. The lowest BCUT2D eigenvalue weighted by atomic mass is 10.1. The van der Waals surface area contributed by atoms with Crippen molar-refractivity contribution in [3.8, 4) is 0 Å². The summed E-state index contributed by atoms with van der Waals surface area (Å²) in [6.07, 6.45) is 1.39. The van der Waals surface area contributed by atoms with Crippen LogP contribution in [0.5, 0.6) is 0 Å². The normalized spacial score (nSPS) is 15.8. The van der Waals surface area contributed by atoms with Crippen molar-refractivity contribution in [3.63, 3.8) is 0 Å². The summed E-state index contributed by atoms with van der Waals surface area (Å²) in [6, 6.07) is 9.78. The summed E-state index contributed by atoms with van der Waals surface area (Å²) >= 11 is -1.33. The van der Waals surface area contributed by atoms with Crippen molar-refractivity contribution < 1.29 is 18.5 Å². The highest BCUT2D eigenvalue weighted by atomic mass is 32.2. The van der Waals surface area contributed by atoms with Crippen molar-refractivity contribution in [3.05, 3.63) is 64.2 Å². The van der Waals surface area contributed by atoms with Gasteiger partial charge in [0.1, 0.15) is 17.0 Å². The predicted molar refractivity (Wildman–Crippen MR) is 129 cm³/mol. The van der Waals surface area contributed by atoms with E-state index in [2.05, 4.69) is 10.3 Å². The van der Waals surface area contributed by atoms with E-state index in [9.17, 15) is 14.1 Å². The maximum Gasteiger partial charge on any atom is 0.343 e. The monoisotopic (exact) mass is 486 g/mol. The topological polar surface area (TPSA) is 99.5 Å². The average Bonchev–Trinajstić information content (AvgIpc) is 2.85. The van der Waals surface area contributed by atoms with Gasteiger partial charge in [-0.15, -0.1) is 0 Å². The van der Waals surface area contributed by atoms with Gasteiger partial charge in [0.15, 0.2) is 16.5 Å². The van der Waals surface area contributed by atoms with Gasteiger partial charge in [-0.05, 0) is 43.2 Å². The quantitative estimate of drug-likeness (QED) is 0.405. The Hall–Kier alpha value is -2.95. The Morgan fingerprint density at radius 3 is 2.68 bits per heavy atom. The summed E-state index contributed by atoms with van der Waals surface area (Å²) in [7, 11) is 0. The molecule has 1 aliphatic rings. The molecular weight excluding hydrogens is 459 g/mol. The second-order valence-corrected chi connectivity index (χ2v) is 9.57. The molecular formula is C24H27FN4O4S. The SMILES string of the molecule is CCOC(=O)c1cn(C(C)C[S+]([O-])c2ccccc2)c2nc(N3CCNCC3)c(F)cc2c1=O. The Kier molecular flexibility index (Phi) is 7.50. The second-order valence-electron chi connectivity index (χ2n) is 8.08. The van der Waals surface area contributed by atoms with E-state index in [-0.39, 0.29) is 34.8 Å². The molecule has 2 atom stereocenters. The van der Waals surface area contributed by atoms with Crippen LogP contribution in [0.1, 0.15) is 30.2 Å². The standard InChI is InChI=1S/C24H27FN4O4S/c1-3-33-24(31)19-14-29(16(2)15-34(32)17-7-5-4-6-8-17)22-18(21(19)30)13-20(25)23(27-22)28-11-9-26-10-12-28/h4-8,13-14,16,26H,3,9-12,15H2,1-2H3. The van der Waals surface area contributed by atoms with Crippen LogP contribution >= 0.6 is 0 Å². The van der Waals surface area contributed by atoms with Gasteiger partial charge in [0.25, 0.3) is 0 Å². The van der Waals surface area contributed by atoms with Crippen LogP contribution in [-0.4, -0.2) is 58.6 Å². The van der Waals surface area contributed by atoms with Crippen LogP contribution in [0.2, 0.25) is 0 Å². The molecule has 1 saturated heterocycles. The molecule has 2 aromatic heterocycles. The fourth-order valence-electron chi connectivity index (χ4n) is 3.99. The molecule has 0 saturated carbocycles. The number of fused-ring (bicyclic) bond motifs is 1. The Bertz CT molecular complexity index is 1230. The number of pyridine rings is 2. The number of anilines is 1. The van der Waals surface area contributed by atoms with Gasteiger partial charge in [0, 0.05) is 32.4 Å². The number of hydrogen-bond acceptors (Lipinski definition) is 7. The van der Waals surface area contributed by atoms with Crippen molar-refractivity contribution in [2.45, 2.75) is 24.8 Å². The number of hydrogen-bond donors (Lipinski definition) is 1. The first-order valence-electron chi connectivity index (χ1n) is 11.2. The van der Waals surface area contributed by atoms with E-state index in [1.54, 1.807) is 23.6 Å². The van der Waals surface area contributed by atoms with E-state index in [0.717, 1.165) is 6.07 Å². The summed E-state index contributed by atoms with van der Waals surface area (Å²) < 4.78 is 34.7. The number of halogens is 1. The van der Waals surface area contributed by atoms with Crippen LogP contribution in [0, 0.1) is 5.82 Å². The van der Waals surface area contributed by atoms with E-state index < -0.39 is 34.4 Å². The lowest BCUT2D eigenvalue weighted by Gasteiger charge is -2.29. The van der Waals surface area contributed by atoms with Crippen LogP contribution < -0.4 is 15.6 Å². The Morgan fingerprint density at radius 1 is 1.29 bits per heavy atom. The molecule has 1 N–H and O–H groups in total. The maximum atomic E-state index is 15.1. The van der Waals surface area contributed by atoms with E-state index in [1.165, 1.54) is 6.20 Å². The third-order valence-corrected chi connectivity index (χ3v) is 7.31. The zero-order valence-corrected chi connectivity index (χ0v) is 19.9. The minimum atomic E-state index is -1.33. The van der Waals surface area contributed by atoms with Gasteiger partial charge in [0.05, 0.1) is 18.0 Å². The zero-order chi connectivity index (χ0) is 24.2. The number of ether oxygens (including phenoxy) is 1. The van der Waals surface area contributed by atoms with E-state index in [4.69, 9.17) is 4.74 Å². The molecule has 4 rings (SSSR count). The largest absolute Gasteiger partial charge is 0.611 e. The first-order valence-corrected chi connectivity index (χ1v) is 12.5. The summed E-state index contributed by atoms with van der Waals surface area (Å²) in [5, 5.41) is 3.20. The zero-order valence-electron chi connectivity index (χ0n) is 19.1. The minimum Gasteiger partial charge on any atom is -0.611 e.